The minimum Gasteiger partial charge on any atom is -0.393 e. The van der Waals surface area contributed by atoms with Crippen molar-refractivity contribution in [2.24, 2.45) is 0 Å². The molecule has 0 radical (unpaired) electrons. The summed E-state index contributed by atoms with van der Waals surface area (Å²) >= 11 is 0. The number of nitrogens with one attached hydrogen (secondary N) is 1. The van der Waals surface area contributed by atoms with Crippen molar-refractivity contribution in [1.82, 2.24) is 5.32 Å². The van der Waals surface area contributed by atoms with E-state index >= 15 is 0 Å². The summed E-state index contributed by atoms with van der Waals surface area (Å²) in [7, 11) is 0. The highest BCUT2D eigenvalue weighted by molar-refractivity contribution is 5.39. The van der Waals surface area contributed by atoms with Crippen molar-refractivity contribution in [2.45, 2.75) is 19.1 Å². The molecule has 1 aromatic rings. The highest BCUT2D eigenvalue weighted by atomic mass is 16.6. The fraction of sp³-hybridized carbons (Fsp3) is 0.455. The zero-order chi connectivity index (χ0) is 12.9. The highest BCUT2D eigenvalue weighted by Crippen LogP contribution is 2.17. The van der Waals surface area contributed by atoms with Gasteiger partial charge in [0.25, 0.3) is 5.69 Å². The lowest BCUT2D eigenvalue weighted by atomic mass is 10.1. The number of benzene rings is 1. The lowest BCUT2D eigenvalue weighted by Gasteiger charge is -2.20. The van der Waals surface area contributed by atoms with Crippen LogP contribution in [-0.2, 0) is 6.54 Å². The number of aliphatic hydroxyl groups excluding tert-OH is 1. The van der Waals surface area contributed by atoms with E-state index in [9.17, 15) is 15.2 Å². The zero-order valence-electron chi connectivity index (χ0n) is 9.59. The molecule has 1 aromatic carbocycles. The molecule has 0 heterocycles. The first kappa shape index (κ1) is 13.6. The van der Waals surface area contributed by atoms with Crippen molar-refractivity contribution in [2.75, 3.05) is 13.2 Å². The van der Waals surface area contributed by atoms with Crippen molar-refractivity contribution >= 4 is 5.69 Å². The van der Waals surface area contributed by atoms with E-state index in [-0.39, 0.29) is 25.4 Å². The Morgan fingerprint density at radius 2 is 2.12 bits per heavy atom. The fourth-order valence-corrected chi connectivity index (χ4v) is 1.36. The maximum Gasteiger partial charge on any atom is 0.273 e. The van der Waals surface area contributed by atoms with Gasteiger partial charge >= 0.3 is 0 Å². The number of rotatable bonds is 6. The summed E-state index contributed by atoms with van der Waals surface area (Å²) in [5, 5.41) is 32.0. The molecule has 3 N–H and O–H groups in total. The number of aliphatic hydroxyl groups is 2. The average Bonchev–Trinajstić information content (AvgIpc) is 2.29. The Morgan fingerprint density at radius 1 is 1.47 bits per heavy atom. The Balaban J connectivity index is 2.61. The third-order valence-corrected chi connectivity index (χ3v) is 2.35. The van der Waals surface area contributed by atoms with Gasteiger partial charge in [0.1, 0.15) is 0 Å². The third-order valence-electron chi connectivity index (χ3n) is 2.35. The molecule has 1 atom stereocenters. The van der Waals surface area contributed by atoms with Crippen LogP contribution < -0.4 is 5.32 Å². The first-order valence-electron chi connectivity index (χ1n) is 5.22. The third kappa shape index (κ3) is 4.10. The largest absolute Gasteiger partial charge is 0.393 e. The summed E-state index contributed by atoms with van der Waals surface area (Å²) in [6.45, 7) is 1.55. The predicted octanol–water partition coefficient (Wildman–Crippen LogP) is 0.428. The van der Waals surface area contributed by atoms with Crippen LogP contribution in [0.25, 0.3) is 0 Å². The summed E-state index contributed by atoms with van der Waals surface area (Å²) < 4.78 is 0. The Hall–Kier alpha value is -1.50. The molecule has 0 aliphatic rings. The maximum absolute atomic E-state index is 10.7. The van der Waals surface area contributed by atoms with E-state index in [1.807, 2.05) is 0 Å². The van der Waals surface area contributed by atoms with Crippen LogP contribution in [0.1, 0.15) is 12.5 Å². The summed E-state index contributed by atoms with van der Waals surface area (Å²) in [6, 6.07) is 6.40. The molecule has 6 nitrogen and oxygen atoms in total. The number of para-hydroxylation sites is 1. The van der Waals surface area contributed by atoms with E-state index in [0.29, 0.717) is 5.56 Å². The van der Waals surface area contributed by atoms with E-state index in [4.69, 9.17) is 5.11 Å². The molecule has 0 amide bonds. The van der Waals surface area contributed by atoms with Gasteiger partial charge < -0.3 is 15.5 Å². The lowest BCUT2D eigenvalue weighted by Crippen LogP contribution is -2.40. The second-order valence-electron chi connectivity index (χ2n) is 4.14. The van der Waals surface area contributed by atoms with Gasteiger partial charge in [-0.3, -0.25) is 10.1 Å². The molecule has 0 bridgehead atoms. The van der Waals surface area contributed by atoms with E-state index in [1.165, 1.54) is 13.0 Å². The second-order valence-corrected chi connectivity index (χ2v) is 4.14. The molecule has 6 heteroatoms. The van der Waals surface area contributed by atoms with Gasteiger partial charge in [0, 0.05) is 24.7 Å². The van der Waals surface area contributed by atoms with Crippen LogP contribution in [0.4, 0.5) is 5.69 Å². The van der Waals surface area contributed by atoms with Gasteiger partial charge in [0.2, 0.25) is 0 Å². The van der Waals surface area contributed by atoms with Gasteiger partial charge in [-0.05, 0) is 6.92 Å². The van der Waals surface area contributed by atoms with E-state index in [1.54, 1.807) is 18.2 Å². The molecule has 0 spiro atoms. The maximum atomic E-state index is 10.7. The molecule has 1 unspecified atom stereocenters. The predicted molar refractivity (Wildman–Crippen MR) is 62.5 cm³/mol. The first-order valence-corrected chi connectivity index (χ1v) is 5.22. The Morgan fingerprint density at radius 3 is 2.71 bits per heavy atom. The van der Waals surface area contributed by atoms with Crippen LogP contribution in [0.2, 0.25) is 0 Å². The number of nitro groups is 1. The summed E-state index contributed by atoms with van der Waals surface area (Å²) in [4.78, 5) is 10.3. The zero-order valence-corrected chi connectivity index (χ0v) is 9.59. The molecule has 0 aromatic heterocycles. The average molecular weight is 240 g/mol. The van der Waals surface area contributed by atoms with Crippen LogP contribution in [0.15, 0.2) is 24.3 Å². The Kier molecular flexibility index (Phi) is 4.56. The lowest BCUT2D eigenvalue weighted by molar-refractivity contribution is -0.385. The van der Waals surface area contributed by atoms with Crippen LogP contribution in [0.3, 0.4) is 0 Å². The molecule has 0 aliphatic heterocycles. The normalized spacial score (nSPS) is 14.3. The number of hydrogen-bond donors (Lipinski definition) is 3. The number of nitro benzene ring substituents is 1. The minimum atomic E-state index is -1.22. The van der Waals surface area contributed by atoms with Gasteiger partial charge in [-0.15, -0.1) is 0 Å². The molecular weight excluding hydrogens is 224 g/mol. The number of nitrogens with zero attached hydrogens (tertiary/aromatic N) is 1. The topological polar surface area (TPSA) is 95.6 Å². The van der Waals surface area contributed by atoms with E-state index in [0.717, 1.165) is 0 Å². The molecule has 94 valence electrons. The van der Waals surface area contributed by atoms with Crippen molar-refractivity contribution < 1.29 is 15.1 Å². The summed E-state index contributed by atoms with van der Waals surface area (Å²) in [5.41, 5.74) is -0.626. The van der Waals surface area contributed by atoms with Gasteiger partial charge in [-0.1, -0.05) is 18.2 Å². The van der Waals surface area contributed by atoms with E-state index < -0.39 is 10.5 Å². The molecule has 0 saturated heterocycles. The molecule has 0 saturated carbocycles. The second kappa shape index (κ2) is 5.72. The minimum absolute atomic E-state index is 0.0450. The monoisotopic (exact) mass is 240 g/mol. The molecular formula is C11H16N2O4. The summed E-state index contributed by atoms with van der Waals surface area (Å²) in [5.74, 6) is 0. The van der Waals surface area contributed by atoms with Crippen LogP contribution in [0.5, 0.6) is 0 Å². The van der Waals surface area contributed by atoms with Gasteiger partial charge in [-0.2, -0.15) is 0 Å². The number of hydrogen-bond acceptors (Lipinski definition) is 5. The van der Waals surface area contributed by atoms with Crippen LogP contribution in [0, 0.1) is 10.1 Å². The van der Waals surface area contributed by atoms with Crippen LogP contribution >= 0.6 is 0 Å². The Labute approximate surface area is 99.0 Å². The first-order chi connectivity index (χ1) is 7.96. The summed E-state index contributed by atoms with van der Waals surface area (Å²) in [6.07, 6.45) is 0. The Bertz CT molecular complexity index is 393. The van der Waals surface area contributed by atoms with Crippen molar-refractivity contribution in [3.63, 3.8) is 0 Å². The smallest absolute Gasteiger partial charge is 0.273 e. The van der Waals surface area contributed by atoms with Crippen molar-refractivity contribution in [1.29, 1.82) is 0 Å². The highest BCUT2D eigenvalue weighted by Gasteiger charge is 2.19. The van der Waals surface area contributed by atoms with Crippen LogP contribution in [-0.4, -0.2) is 33.9 Å². The van der Waals surface area contributed by atoms with E-state index in [2.05, 4.69) is 5.32 Å². The van der Waals surface area contributed by atoms with Gasteiger partial charge in [0.05, 0.1) is 17.1 Å². The van der Waals surface area contributed by atoms with Gasteiger partial charge in [-0.25, -0.2) is 0 Å². The molecule has 17 heavy (non-hydrogen) atoms. The van der Waals surface area contributed by atoms with Crippen molar-refractivity contribution in [3.8, 4) is 0 Å². The van der Waals surface area contributed by atoms with Gasteiger partial charge in [0.15, 0.2) is 0 Å². The molecule has 1 rings (SSSR count). The molecule has 0 aliphatic carbocycles. The SMILES string of the molecule is CC(O)(CO)CNCc1ccccc1[N+](=O)[O-]. The quantitative estimate of drug-likeness (QED) is 0.495. The standard InChI is InChI=1S/C11H16N2O4/c1-11(15,8-14)7-12-6-9-4-2-3-5-10(9)13(16)17/h2-5,12,14-15H,6-8H2,1H3. The van der Waals surface area contributed by atoms with Crippen molar-refractivity contribution in [3.05, 3.63) is 39.9 Å². The fourth-order valence-electron chi connectivity index (χ4n) is 1.36. The molecule has 0 fully saturated rings.